The molecule has 6 aromatic heterocycles. The number of nitrogens with zero attached hydrogens (tertiary/aromatic N) is 11. The average molecular weight is 1680 g/mol. The van der Waals surface area contributed by atoms with E-state index >= 15 is 0 Å². The number of rotatable bonds is 20. The highest BCUT2D eigenvalue weighted by molar-refractivity contribution is 6.03. The Labute approximate surface area is 740 Å². The normalized spacial score (nSPS) is 12.8. The Morgan fingerprint density at radius 1 is 0.211 bits per heavy atom. The monoisotopic (exact) mass is 1680 g/mol. The number of hydrogen-bond acceptors (Lipinski definition) is 16. The second kappa shape index (κ2) is 39.1. The van der Waals surface area contributed by atoms with Crippen LogP contribution in [0.1, 0.15) is 84.9 Å². The van der Waals surface area contributed by atoms with E-state index in [0.717, 1.165) is 211 Å². The molecule has 5 N–H and O–H groups in total. The summed E-state index contributed by atoms with van der Waals surface area (Å²) in [5, 5.41) is 19.3. The average Bonchev–Trinajstić information content (AvgIpc) is 1.66. The fourth-order valence-corrected chi connectivity index (χ4v) is 16.2. The third-order valence-electron chi connectivity index (χ3n) is 23.1. The molecule has 0 saturated carbocycles. The molecule has 0 spiro atoms. The van der Waals surface area contributed by atoms with Crippen LogP contribution >= 0.6 is 0 Å². The smallest absolute Gasteiger partial charge is 0.228 e. The molecular weight excluding hydrogens is 1590 g/mol. The van der Waals surface area contributed by atoms with Crippen molar-refractivity contribution < 1.29 is 24.0 Å². The Morgan fingerprint density at radius 2 is 0.516 bits per heavy atom. The summed E-state index contributed by atoms with van der Waals surface area (Å²) >= 11 is 0. The second-order valence-corrected chi connectivity index (χ2v) is 32.0. The molecule has 0 bridgehead atoms. The van der Waals surface area contributed by atoms with Gasteiger partial charge in [-0.25, -0.2) is 49.8 Å². The van der Waals surface area contributed by atoms with Crippen molar-refractivity contribution in [2.45, 2.75) is 96.3 Å². The van der Waals surface area contributed by atoms with Crippen molar-refractivity contribution in [1.29, 1.82) is 0 Å². The predicted molar refractivity (Wildman–Crippen MR) is 501 cm³/mol. The summed E-state index contributed by atoms with van der Waals surface area (Å²) in [4.78, 5) is 107. The number of anilines is 5. The number of fused-ring (bicyclic) bond motifs is 7. The minimum Gasteiger partial charge on any atom is -0.326 e. The predicted octanol–water partition coefficient (Wildman–Crippen LogP) is 18.8. The number of hydrogen-bond donors (Lipinski definition) is 5. The summed E-state index contributed by atoms with van der Waals surface area (Å²) in [5.74, 6) is 4.43. The lowest BCUT2D eigenvalue weighted by molar-refractivity contribution is -0.115. The fourth-order valence-electron chi connectivity index (χ4n) is 16.2. The van der Waals surface area contributed by atoms with E-state index in [0.29, 0.717) is 32.1 Å². The Morgan fingerprint density at radius 3 is 0.875 bits per heavy atom. The number of nitrogens with one attached hydrogen (secondary N) is 5. The standard InChI is InChI=1S/2C24H19N3O.2C20H17N3O.C19H16N4O/c28-24-13-19-12-18(8-10-22(19)27-24)20-14-25-23(26-15-20)11-9-17-6-3-5-16-4-1-2-7-21(16)17;28-24-13-20-12-19(8-9-22(20)27-24)21-14-25-23(26-15-21)10-6-16-5-7-17-3-1-2-4-18(17)11-16;2*24-20-11-16-10-15(7-8-18(16)23-20)17-12-21-19(22-13-17)9-6-14-4-2-1-3-5-14;24-19-10-14-9-13(4-6-17(14)23-19)15-11-21-18(22-12-15)7-5-16-3-1-2-8-20-16/h1-8,10,12,14-15H,9,11,13H2,(H,27,28);1-5,7-9,11-12,14-15H,6,10,13H2,(H,27,28);2*1-5,7-8,10,12-13H,6,9,11H2,(H,23,24);1-4,6,8-9,11-12H,5,7,10H2,(H,23,24). The number of carbonyl (C=O) groups excluding carboxylic acids is 5. The highest BCUT2D eigenvalue weighted by Crippen LogP contribution is 2.35. The first kappa shape index (κ1) is 82.8. The van der Waals surface area contributed by atoms with E-state index in [2.05, 4.69) is 191 Å². The fraction of sp³-hybridized carbons (Fsp3) is 0.140. The van der Waals surface area contributed by atoms with Crippen LogP contribution in [-0.4, -0.2) is 84.4 Å². The van der Waals surface area contributed by atoms with Crippen molar-refractivity contribution >= 4 is 79.5 Å². The molecule has 21 heteroatoms. The summed E-state index contributed by atoms with van der Waals surface area (Å²) in [6, 6.07) is 86.4. The van der Waals surface area contributed by atoms with E-state index in [1.165, 1.54) is 43.8 Å². The topological polar surface area (TPSA) is 287 Å². The van der Waals surface area contributed by atoms with Crippen molar-refractivity contribution in [2.75, 3.05) is 26.6 Å². The van der Waals surface area contributed by atoms with Crippen LogP contribution in [0.4, 0.5) is 28.4 Å². The van der Waals surface area contributed by atoms with E-state index in [1.54, 1.807) is 6.20 Å². The molecule has 626 valence electrons. The first-order valence-corrected chi connectivity index (χ1v) is 43.0. The molecule has 0 saturated heterocycles. The van der Waals surface area contributed by atoms with Crippen LogP contribution in [0, 0.1) is 0 Å². The summed E-state index contributed by atoms with van der Waals surface area (Å²) < 4.78 is 0. The molecular formula is C107H88N16O5. The molecule has 5 aliphatic heterocycles. The summed E-state index contributed by atoms with van der Waals surface area (Å²) in [7, 11) is 0. The first-order valence-electron chi connectivity index (χ1n) is 43.0. The van der Waals surface area contributed by atoms with Crippen molar-refractivity contribution in [2.24, 2.45) is 0 Å². The third kappa shape index (κ3) is 21.0. The lowest BCUT2D eigenvalue weighted by Crippen LogP contribution is -2.03. The maximum atomic E-state index is 11.5. The molecule has 0 unspecified atom stereocenters. The minimum atomic E-state index is 0.0447. The van der Waals surface area contributed by atoms with E-state index in [9.17, 15) is 24.0 Å². The van der Waals surface area contributed by atoms with Gasteiger partial charge in [0.2, 0.25) is 29.5 Å². The SMILES string of the molecule is O=C1Cc2cc(-c3cnc(CCc4ccc5ccccc5c4)nc3)ccc2N1.O=C1Cc2cc(-c3cnc(CCc4cccc5ccccc45)nc3)ccc2N1.O=C1Cc2cc(-c3cnc(CCc4ccccc4)nc3)ccc2N1.O=C1Cc2cc(-c3cnc(CCc4ccccc4)nc3)ccc2N1.O=C1Cc2cc(-c3cnc(CCc4ccccn4)nc3)ccc2N1. The van der Waals surface area contributed by atoms with Crippen LogP contribution in [0.25, 0.3) is 77.2 Å². The van der Waals surface area contributed by atoms with Gasteiger partial charge in [-0.3, -0.25) is 29.0 Å². The van der Waals surface area contributed by atoms with Crippen LogP contribution in [0.2, 0.25) is 0 Å². The van der Waals surface area contributed by atoms with Crippen LogP contribution in [0.5, 0.6) is 0 Å². The highest BCUT2D eigenvalue weighted by atomic mass is 16.2. The van der Waals surface area contributed by atoms with E-state index < -0.39 is 0 Å². The molecule has 5 aliphatic rings. The first-order chi connectivity index (χ1) is 62.8. The van der Waals surface area contributed by atoms with Gasteiger partial charge in [0.25, 0.3) is 0 Å². The molecule has 0 aliphatic carbocycles. The quantitative estimate of drug-likeness (QED) is 0.0474. The van der Waals surface area contributed by atoms with Crippen molar-refractivity contribution in [3.8, 4) is 55.6 Å². The molecule has 0 atom stereocenters. The third-order valence-corrected chi connectivity index (χ3v) is 23.1. The maximum Gasteiger partial charge on any atom is 0.228 e. The minimum absolute atomic E-state index is 0.0447. The van der Waals surface area contributed by atoms with Gasteiger partial charge >= 0.3 is 0 Å². The molecule has 11 aromatic carbocycles. The number of carbonyl (C=O) groups is 5. The second-order valence-electron chi connectivity index (χ2n) is 32.0. The van der Waals surface area contributed by atoms with Gasteiger partial charge in [0.05, 0.1) is 32.1 Å². The molecule has 17 aromatic rings. The molecule has 0 fully saturated rings. The molecule has 128 heavy (non-hydrogen) atoms. The molecule has 21 nitrogen and oxygen atoms in total. The van der Waals surface area contributed by atoms with E-state index in [1.807, 2.05) is 208 Å². The van der Waals surface area contributed by atoms with Gasteiger partial charge in [0.15, 0.2) is 0 Å². The van der Waals surface area contributed by atoms with Crippen molar-refractivity contribution in [3.05, 3.63) is 408 Å². The molecule has 22 rings (SSSR count). The molecule has 5 amide bonds. The zero-order valence-electron chi connectivity index (χ0n) is 70.2. The summed E-state index contributed by atoms with van der Waals surface area (Å²) in [5.41, 5.74) is 25.9. The lowest BCUT2D eigenvalue weighted by Gasteiger charge is -2.07. The Balaban J connectivity index is 0.000000108. The number of benzene rings is 11. The van der Waals surface area contributed by atoms with Crippen molar-refractivity contribution in [1.82, 2.24) is 54.8 Å². The van der Waals surface area contributed by atoms with E-state index in [-0.39, 0.29) is 29.5 Å². The van der Waals surface area contributed by atoms with Gasteiger partial charge in [-0.15, -0.1) is 0 Å². The van der Waals surface area contributed by atoms with Crippen LogP contribution < -0.4 is 26.6 Å². The van der Waals surface area contributed by atoms with E-state index in [4.69, 9.17) is 0 Å². The zero-order chi connectivity index (χ0) is 86.9. The molecule has 0 radical (unpaired) electrons. The van der Waals surface area contributed by atoms with Gasteiger partial charge in [0, 0.05) is 162 Å². The summed E-state index contributed by atoms with van der Waals surface area (Å²) in [6.07, 6.45) is 31.2. The lowest BCUT2D eigenvalue weighted by atomic mass is 10.0. The van der Waals surface area contributed by atoms with Gasteiger partial charge in [-0.1, -0.05) is 182 Å². The highest BCUT2D eigenvalue weighted by Gasteiger charge is 2.24. The van der Waals surface area contributed by atoms with Gasteiger partial charge in [-0.05, 0) is 204 Å². The Hall–Kier alpha value is -16.2. The van der Waals surface area contributed by atoms with Crippen LogP contribution in [0.15, 0.2) is 323 Å². The van der Waals surface area contributed by atoms with Gasteiger partial charge in [-0.2, -0.15) is 0 Å². The number of aryl methyl sites for hydroxylation is 10. The maximum absolute atomic E-state index is 11.5. The number of aromatic nitrogens is 11. The Bertz CT molecular complexity index is 6540. The zero-order valence-corrected chi connectivity index (χ0v) is 70.2. The van der Waals surface area contributed by atoms with Crippen LogP contribution in [0.3, 0.4) is 0 Å². The van der Waals surface area contributed by atoms with Gasteiger partial charge < -0.3 is 26.6 Å². The van der Waals surface area contributed by atoms with Crippen LogP contribution in [-0.2, 0) is 120 Å². The summed E-state index contributed by atoms with van der Waals surface area (Å²) in [6.45, 7) is 0. The number of pyridine rings is 1. The molecule has 11 heterocycles. The van der Waals surface area contributed by atoms with Crippen molar-refractivity contribution in [3.63, 3.8) is 0 Å². The number of amides is 5. The Kier molecular flexibility index (Phi) is 25.3. The van der Waals surface area contributed by atoms with Gasteiger partial charge in [0.1, 0.15) is 29.1 Å². The largest absolute Gasteiger partial charge is 0.326 e.